The SMILES string of the molecule is CN(C)CC(=O)N1CC[C@@H](Nc2ccc(S(=O)(=O)NC(=O)c3ccc(N4CCN(CC5=C(c6ccc(Cl)cc6)CC(C)(C)CC5)CC4)cc3Oc3cnc4[nH]ccc4c3)cc2[N+](=O)[O-])C1. The molecule has 2 aliphatic heterocycles. The minimum Gasteiger partial charge on any atom is -0.455 e. The summed E-state index contributed by atoms with van der Waals surface area (Å²) in [6.07, 6.45) is 7.00. The maximum absolute atomic E-state index is 14.0. The average Bonchev–Trinajstić information content (AvgIpc) is 3.94. The fourth-order valence-corrected chi connectivity index (χ4v) is 9.97. The standard InChI is InChI=1S/C47H54ClN9O7S/c1-47(2)16-13-33(40(26-47)31-5-7-34(48)8-6-31)28-54-19-21-55(22-20-54)36-9-11-39(43(24-36)64-37-23-32-14-17-49-45(32)50-27-37)46(59)52-65(62,63)38-10-12-41(42(25-38)57(60)61)51-35-15-18-56(29-35)44(58)30-53(3)4/h5-12,14,17,23-25,27,35,51H,13,15-16,18-22,26,28-30H2,1-4H3,(H,49,50)(H,52,59)/t35-/m1/s1. The quantitative estimate of drug-likeness (QED) is 0.0742. The van der Waals surface area contributed by atoms with E-state index in [2.05, 4.69) is 55.8 Å². The molecule has 5 aromatic rings. The van der Waals surface area contributed by atoms with Crippen LogP contribution in [-0.4, -0.2) is 122 Å². The largest absolute Gasteiger partial charge is 0.455 e. The molecule has 342 valence electrons. The molecule has 1 aliphatic carbocycles. The van der Waals surface area contributed by atoms with Gasteiger partial charge in [-0.15, -0.1) is 0 Å². The van der Waals surface area contributed by atoms with Gasteiger partial charge in [-0.2, -0.15) is 0 Å². The summed E-state index contributed by atoms with van der Waals surface area (Å²) in [5, 5.41) is 16.9. The number of carbonyl (C=O) groups excluding carboxylic acids is 2. The third kappa shape index (κ3) is 10.8. The summed E-state index contributed by atoms with van der Waals surface area (Å²) in [6, 6.07) is 19.9. The second kappa shape index (κ2) is 18.8. The number of piperazine rings is 1. The smallest absolute Gasteiger partial charge is 0.293 e. The fraction of sp³-hybridized carbons (Fsp3) is 0.383. The number of hydrogen-bond donors (Lipinski definition) is 3. The number of aromatic nitrogens is 2. The van der Waals surface area contributed by atoms with Crippen LogP contribution in [-0.2, 0) is 14.8 Å². The number of nitro benzene ring substituents is 1. The zero-order valence-corrected chi connectivity index (χ0v) is 38.5. The number of allylic oxidation sites excluding steroid dienone is 1. The molecule has 0 spiro atoms. The Kier molecular flexibility index (Phi) is 13.2. The maximum atomic E-state index is 14.0. The molecule has 1 atom stereocenters. The van der Waals surface area contributed by atoms with Crippen molar-refractivity contribution in [1.82, 2.24) is 29.4 Å². The van der Waals surface area contributed by atoms with Crippen LogP contribution < -0.4 is 19.7 Å². The third-order valence-corrected chi connectivity index (χ3v) is 14.0. The van der Waals surface area contributed by atoms with Crippen LogP contribution in [0.1, 0.15) is 55.5 Å². The van der Waals surface area contributed by atoms with Gasteiger partial charge in [0.2, 0.25) is 5.91 Å². The van der Waals surface area contributed by atoms with Crippen molar-refractivity contribution in [3.05, 3.63) is 117 Å². The van der Waals surface area contributed by atoms with Gasteiger partial charge in [-0.05, 0) is 105 Å². The van der Waals surface area contributed by atoms with Gasteiger partial charge in [-0.25, -0.2) is 18.1 Å². The summed E-state index contributed by atoms with van der Waals surface area (Å²) >= 11 is 6.24. The van der Waals surface area contributed by atoms with Gasteiger partial charge in [-0.3, -0.25) is 24.6 Å². The van der Waals surface area contributed by atoms with Crippen LogP contribution in [0.5, 0.6) is 11.5 Å². The number of nitro groups is 1. The van der Waals surface area contributed by atoms with E-state index in [1.165, 1.54) is 41.1 Å². The first-order valence-corrected chi connectivity index (χ1v) is 23.6. The van der Waals surface area contributed by atoms with Crippen LogP contribution in [0.15, 0.2) is 95.7 Å². The Balaban J connectivity index is 0.992. The minimum absolute atomic E-state index is 0.0526. The number of nitrogens with zero attached hydrogens (tertiary/aromatic N) is 6. The van der Waals surface area contributed by atoms with E-state index in [0.717, 1.165) is 61.1 Å². The monoisotopic (exact) mass is 923 g/mol. The van der Waals surface area contributed by atoms with Crippen molar-refractivity contribution in [2.75, 3.05) is 76.7 Å². The zero-order chi connectivity index (χ0) is 46.0. The van der Waals surface area contributed by atoms with Crippen LogP contribution >= 0.6 is 11.6 Å². The maximum Gasteiger partial charge on any atom is 0.293 e. The number of nitrogens with one attached hydrogen (secondary N) is 3. The van der Waals surface area contributed by atoms with E-state index in [1.807, 2.05) is 18.2 Å². The number of benzene rings is 3. The topological polar surface area (TPSA) is 186 Å². The van der Waals surface area contributed by atoms with Gasteiger partial charge in [0.05, 0.1) is 28.1 Å². The summed E-state index contributed by atoms with van der Waals surface area (Å²) in [5.74, 6) is -0.589. The molecule has 0 radical (unpaired) electrons. The van der Waals surface area contributed by atoms with E-state index >= 15 is 0 Å². The van der Waals surface area contributed by atoms with Gasteiger partial charge in [0.25, 0.3) is 21.6 Å². The summed E-state index contributed by atoms with van der Waals surface area (Å²) in [6.45, 7) is 9.64. The van der Waals surface area contributed by atoms with Crippen molar-refractivity contribution in [2.45, 2.75) is 50.5 Å². The number of sulfonamides is 1. The molecule has 2 saturated heterocycles. The van der Waals surface area contributed by atoms with Crippen LogP contribution in [0.3, 0.4) is 0 Å². The van der Waals surface area contributed by atoms with E-state index in [9.17, 15) is 28.1 Å². The number of amides is 2. The van der Waals surface area contributed by atoms with Gasteiger partial charge < -0.3 is 29.7 Å². The number of halogens is 1. The molecule has 3 aromatic carbocycles. The van der Waals surface area contributed by atoms with Gasteiger partial charge in [0, 0.05) is 86.3 Å². The molecule has 2 amide bonds. The molecule has 65 heavy (non-hydrogen) atoms. The third-order valence-electron chi connectivity index (χ3n) is 12.4. The Morgan fingerprint density at radius 3 is 2.52 bits per heavy atom. The predicted octanol–water partition coefficient (Wildman–Crippen LogP) is 7.40. The van der Waals surface area contributed by atoms with Crippen molar-refractivity contribution in [1.29, 1.82) is 0 Å². The molecular formula is C47H54ClN9O7S. The predicted molar refractivity (Wildman–Crippen MR) is 252 cm³/mol. The number of ether oxygens (including phenoxy) is 1. The zero-order valence-electron chi connectivity index (χ0n) is 37.0. The van der Waals surface area contributed by atoms with E-state index in [4.69, 9.17) is 16.3 Å². The Bertz CT molecular complexity index is 2750. The highest BCUT2D eigenvalue weighted by atomic mass is 35.5. The number of H-pyrrole nitrogens is 1. The highest BCUT2D eigenvalue weighted by Crippen LogP contribution is 2.43. The fourth-order valence-electron chi connectivity index (χ4n) is 8.86. The molecule has 0 bridgehead atoms. The van der Waals surface area contributed by atoms with Crippen LogP contribution in [0, 0.1) is 15.5 Å². The number of fused-ring (bicyclic) bond motifs is 1. The molecule has 0 unspecified atom stereocenters. The lowest BCUT2D eigenvalue weighted by atomic mass is 9.72. The van der Waals surface area contributed by atoms with Crippen molar-refractivity contribution >= 4 is 67.1 Å². The Hall–Kier alpha value is -6.01. The summed E-state index contributed by atoms with van der Waals surface area (Å²) in [5.41, 5.74) is 5.30. The normalized spacial score (nSPS) is 18.0. The number of anilines is 2. The molecule has 2 fully saturated rings. The first-order valence-electron chi connectivity index (χ1n) is 21.7. The molecule has 4 heterocycles. The first-order chi connectivity index (χ1) is 31.0. The van der Waals surface area contributed by atoms with E-state index in [0.29, 0.717) is 44.0 Å². The lowest BCUT2D eigenvalue weighted by Gasteiger charge is -2.39. The second-order valence-corrected chi connectivity index (χ2v) is 20.3. The molecular weight excluding hydrogens is 870 g/mol. The molecule has 18 heteroatoms. The van der Waals surface area contributed by atoms with Crippen molar-refractivity contribution < 1.29 is 27.7 Å². The van der Waals surface area contributed by atoms with Gasteiger partial charge in [-0.1, -0.05) is 43.2 Å². The average molecular weight is 925 g/mol. The van der Waals surface area contributed by atoms with Gasteiger partial charge in [0.15, 0.2) is 0 Å². The van der Waals surface area contributed by atoms with E-state index in [-0.39, 0.29) is 40.9 Å². The van der Waals surface area contributed by atoms with Crippen molar-refractivity contribution in [3.63, 3.8) is 0 Å². The lowest BCUT2D eigenvalue weighted by Crippen LogP contribution is -2.47. The Labute approximate surface area is 383 Å². The number of carbonyl (C=O) groups is 2. The van der Waals surface area contributed by atoms with Gasteiger partial charge >= 0.3 is 0 Å². The second-order valence-electron chi connectivity index (χ2n) is 18.1. The minimum atomic E-state index is -4.62. The lowest BCUT2D eigenvalue weighted by molar-refractivity contribution is -0.384. The number of likely N-dealkylation sites (tertiary alicyclic amines) is 1. The molecule has 3 aliphatic rings. The number of hydrogen-bond acceptors (Lipinski definition) is 12. The van der Waals surface area contributed by atoms with Crippen molar-refractivity contribution in [2.24, 2.45) is 5.41 Å². The number of likely N-dealkylation sites (N-methyl/N-ethyl adjacent to an activating group) is 1. The summed E-state index contributed by atoms with van der Waals surface area (Å²) in [4.78, 5) is 53.3. The number of pyridine rings is 1. The summed E-state index contributed by atoms with van der Waals surface area (Å²) < 4.78 is 36.0. The molecule has 0 saturated carbocycles. The molecule has 2 aromatic heterocycles. The van der Waals surface area contributed by atoms with Crippen LogP contribution in [0.2, 0.25) is 5.02 Å². The first kappa shape index (κ1) is 45.6. The highest BCUT2D eigenvalue weighted by Gasteiger charge is 2.32. The Morgan fingerprint density at radius 2 is 1.78 bits per heavy atom. The van der Waals surface area contributed by atoms with Crippen molar-refractivity contribution in [3.8, 4) is 11.5 Å². The van der Waals surface area contributed by atoms with Gasteiger partial charge in [0.1, 0.15) is 22.8 Å². The number of rotatable bonds is 14. The molecule has 8 rings (SSSR count). The Morgan fingerprint density at radius 1 is 1.02 bits per heavy atom. The van der Waals surface area contributed by atoms with E-state index in [1.54, 1.807) is 48.3 Å². The number of aromatic amines is 1. The van der Waals surface area contributed by atoms with E-state index < -0.39 is 31.4 Å². The van der Waals surface area contributed by atoms with Crippen LogP contribution in [0.4, 0.5) is 17.1 Å². The molecule has 3 N–H and O–H groups in total. The summed E-state index contributed by atoms with van der Waals surface area (Å²) in [7, 11) is -1.01. The van der Waals surface area contributed by atoms with Crippen LogP contribution in [0.25, 0.3) is 16.6 Å². The molecule has 16 nitrogen and oxygen atoms in total. The highest BCUT2D eigenvalue weighted by molar-refractivity contribution is 7.90.